The lowest BCUT2D eigenvalue weighted by Gasteiger charge is -2.35. The summed E-state index contributed by atoms with van der Waals surface area (Å²) in [6.07, 6.45) is 5.34. The van der Waals surface area contributed by atoms with Gasteiger partial charge in [0, 0.05) is 5.41 Å². The van der Waals surface area contributed by atoms with Crippen LogP contribution in [0.5, 0.6) is 5.75 Å². The molecule has 0 radical (unpaired) electrons. The van der Waals surface area contributed by atoms with E-state index in [9.17, 15) is 5.11 Å². The molecule has 86 valence electrons. The van der Waals surface area contributed by atoms with Crippen molar-refractivity contribution in [2.24, 2.45) is 17.6 Å². The van der Waals surface area contributed by atoms with Gasteiger partial charge in [-0.3, -0.25) is 0 Å². The maximum Gasteiger partial charge on any atom is 0.115 e. The fourth-order valence-corrected chi connectivity index (χ4v) is 3.43. The molecule has 1 unspecified atom stereocenters. The van der Waals surface area contributed by atoms with Crippen LogP contribution in [-0.4, -0.2) is 11.7 Å². The van der Waals surface area contributed by atoms with Crippen molar-refractivity contribution in [3.05, 3.63) is 29.8 Å². The van der Waals surface area contributed by atoms with E-state index in [1.807, 2.05) is 12.1 Å². The van der Waals surface area contributed by atoms with Gasteiger partial charge in [0.05, 0.1) is 0 Å². The number of aromatic hydroxyl groups is 1. The molecule has 0 aromatic heterocycles. The van der Waals surface area contributed by atoms with Crippen molar-refractivity contribution < 1.29 is 5.11 Å². The number of phenolic OH excluding ortho intramolecular Hbond substituents is 1. The zero-order valence-corrected chi connectivity index (χ0v) is 9.52. The van der Waals surface area contributed by atoms with Gasteiger partial charge in [0.1, 0.15) is 5.75 Å². The third kappa shape index (κ3) is 1.29. The Hall–Kier alpha value is -1.02. The summed E-state index contributed by atoms with van der Waals surface area (Å²) in [4.78, 5) is 0. The molecule has 2 saturated carbocycles. The van der Waals surface area contributed by atoms with Crippen molar-refractivity contribution in [2.45, 2.75) is 31.1 Å². The van der Waals surface area contributed by atoms with E-state index in [1.54, 1.807) is 0 Å². The van der Waals surface area contributed by atoms with Gasteiger partial charge in [-0.05, 0) is 55.3 Å². The molecule has 3 rings (SSSR count). The highest BCUT2D eigenvalue weighted by molar-refractivity contribution is 5.39. The second kappa shape index (κ2) is 3.49. The summed E-state index contributed by atoms with van der Waals surface area (Å²) >= 11 is 0. The zero-order valence-electron chi connectivity index (χ0n) is 9.52. The lowest BCUT2D eigenvalue weighted by Crippen LogP contribution is -2.30. The van der Waals surface area contributed by atoms with E-state index in [4.69, 9.17) is 5.73 Å². The number of benzene rings is 1. The van der Waals surface area contributed by atoms with E-state index >= 15 is 0 Å². The first-order valence-corrected chi connectivity index (χ1v) is 6.27. The van der Waals surface area contributed by atoms with E-state index in [0.717, 1.165) is 12.5 Å². The maximum atomic E-state index is 9.35. The average molecular weight is 217 g/mol. The lowest BCUT2D eigenvalue weighted by molar-refractivity contribution is 0.231. The smallest absolute Gasteiger partial charge is 0.115 e. The van der Waals surface area contributed by atoms with Gasteiger partial charge < -0.3 is 10.8 Å². The first kappa shape index (κ1) is 10.2. The molecule has 2 heteroatoms. The predicted octanol–water partition coefficient (Wildman–Crippen LogP) is 2.41. The Labute approximate surface area is 96.5 Å². The second-order valence-corrected chi connectivity index (χ2v) is 5.35. The number of phenols is 1. The molecular weight excluding hydrogens is 198 g/mol. The zero-order chi connectivity index (χ0) is 11.2. The minimum absolute atomic E-state index is 0.359. The fourth-order valence-electron chi connectivity index (χ4n) is 3.43. The fraction of sp³-hybridized carbons (Fsp3) is 0.571. The van der Waals surface area contributed by atoms with E-state index in [0.29, 0.717) is 17.1 Å². The SMILES string of the molecule is NC[C@@H]1CC1(c1ccc(O)cc1)C1CCC1. The van der Waals surface area contributed by atoms with Gasteiger partial charge in [0.2, 0.25) is 0 Å². The Kier molecular flexibility index (Phi) is 2.21. The molecule has 0 aliphatic heterocycles. The number of hydrogen-bond donors (Lipinski definition) is 2. The predicted molar refractivity (Wildman–Crippen MR) is 64.3 cm³/mol. The Balaban J connectivity index is 1.92. The molecule has 0 bridgehead atoms. The third-order valence-electron chi connectivity index (χ3n) is 4.68. The molecule has 1 aromatic carbocycles. The molecule has 0 saturated heterocycles. The molecule has 0 spiro atoms. The molecule has 0 amide bonds. The molecule has 3 N–H and O–H groups in total. The first-order chi connectivity index (χ1) is 7.77. The Morgan fingerprint density at radius 2 is 1.94 bits per heavy atom. The quantitative estimate of drug-likeness (QED) is 0.816. The van der Waals surface area contributed by atoms with Crippen LogP contribution in [0.1, 0.15) is 31.2 Å². The third-order valence-corrected chi connectivity index (χ3v) is 4.68. The summed E-state index contributed by atoms with van der Waals surface area (Å²) in [6.45, 7) is 0.803. The largest absolute Gasteiger partial charge is 0.508 e. The maximum absolute atomic E-state index is 9.35. The molecular formula is C14H19NO. The topological polar surface area (TPSA) is 46.2 Å². The van der Waals surface area contributed by atoms with Gasteiger partial charge in [0.15, 0.2) is 0 Å². The van der Waals surface area contributed by atoms with Crippen LogP contribution in [0.4, 0.5) is 0 Å². The van der Waals surface area contributed by atoms with Gasteiger partial charge in [-0.2, -0.15) is 0 Å². The number of nitrogens with two attached hydrogens (primary N) is 1. The first-order valence-electron chi connectivity index (χ1n) is 6.27. The summed E-state index contributed by atoms with van der Waals surface area (Å²) in [5.41, 5.74) is 7.60. The van der Waals surface area contributed by atoms with Gasteiger partial charge in [-0.1, -0.05) is 18.6 Å². The van der Waals surface area contributed by atoms with Gasteiger partial charge >= 0.3 is 0 Å². The van der Waals surface area contributed by atoms with Crippen LogP contribution >= 0.6 is 0 Å². The van der Waals surface area contributed by atoms with E-state index in [2.05, 4.69) is 12.1 Å². The summed E-state index contributed by atoms with van der Waals surface area (Å²) in [5.74, 6) is 1.87. The number of rotatable bonds is 3. The standard InChI is InChI=1S/C14H19NO/c15-9-12-8-14(12,10-2-1-3-10)11-4-6-13(16)7-5-11/h4-7,10,12,16H,1-3,8-9,15H2/t12-,14?/m0/s1. The molecule has 2 fully saturated rings. The monoisotopic (exact) mass is 217 g/mol. The van der Waals surface area contributed by atoms with Crippen molar-refractivity contribution in [1.82, 2.24) is 0 Å². The molecule has 1 aromatic rings. The second-order valence-electron chi connectivity index (χ2n) is 5.35. The van der Waals surface area contributed by atoms with Crippen molar-refractivity contribution in [3.8, 4) is 5.75 Å². The van der Waals surface area contributed by atoms with Crippen LogP contribution in [-0.2, 0) is 5.41 Å². The van der Waals surface area contributed by atoms with Gasteiger partial charge in [-0.25, -0.2) is 0 Å². The molecule has 2 atom stereocenters. The van der Waals surface area contributed by atoms with E-state index < -0.39 is 0 Å². The Morgan fingerprint density at radius 3 is 2.38 bits per heavy atom. The number of hydrogen-bond acceptors (Lipinski definition) is 2. The summed E-state index contributed by atoms with van der Waals surface area (Å²) in [5, 5.41) is 9.35. The van der Waals surface area contributed by atoms with Gasteiger partial charge in [0.25, 0.3) is 0 Å². The lowest BCUT2D eigenvalue weighted by atomic mass is 9.69. The average Bonchev–Trinajstić information content (AvgIpc) is 2.92. The summed E-state index contributed by atoms with van der Waals surface area (Å²) in [6, 6.07) is 7.79. The summed E-state index contributed by atoms with van der Waals surface area (Å²) in [7, 11) is 0. The minimum Gasteiger partial charge on any atom is -0.508 e. The van der Waals surface area contributed by atoms with Crippen LogP contribution < -0.4 is 5.73 Å². The molecule has 0 heterocycles. The Bertz CT molecular complexity index is 382. The van der Waals surface area contributed by atoms with Crippen LogP contribution in [0.15, 0.2) is 24.3 Å². The highest BCUT2D eigenvalue weighted by Gasteiger charge is 2.59. The summed E-state index contributed by atoms with van der Waals surface area (Å²) < 4.78 is 0. The molecule has 2 aliphatic rings. The van der Waals surface area contributed by atoms with Crippen LogP contribution in [0.25, 0.3) is 0 Å². The van der Waals surface area contributed by atoms with Crippen molar-refractivity contribution in [3.63, 3.8) is 0 Å². The van der Waals surface area contributed by atoms with Crippen molar-refractivity contribution >= 4 is 0 Å². The van der Waals surface area contributed by atoms with E-state index in [1.165, 1.54) is 31.2 Å². The highest BCUT2D eigenvalue weighted by Crippen LogP contribution is 2.63. The minimum atomic E-state index is 0.359. The van der Waals surface area contributed by atoms with Crippen molar-refractivity contribution in [2.75, 3.05) is 6.54 Å². The van der Waals surface area contributed by atoms with Crippen molar-refractivity contribution in [1.29, 1.82) is 0 Å². The molecule has 2 nitrogen and oxygen atoms in total. The highest BCUT2D eigenvalue weighted by atomic mass is 16.3. The molecule has 16 heavy (non-hydrogen) atoms. The van der Waals surface area contributed by atoms with E-state index in [-0.39, 0.29) is 0 Å². The van der Waals surface area contributed by atoms with Gasteiger partial charge in [-0.15, -0.1) is 0 Å². The van der Waals surface area contributed by atoms with Crippen LogP contribution in [0.3, 0.4) is 0 Å². The van der Waals surface area contributed by atoms with Crippen LogP contribution in [0.2, 0.25) is 0 Å². The normalized spacial score (nSPS) is 33.4. The Morgan fingerprint density at radius 1 is 1.25 bits per heavy atom. The molecule has 2 aliphatic carbocycles. The van der Waals surface area contributed by atoms with Crippen LogP contribution in [0, 0.1) is 11.8 Å².